The molecule has 0 saturated carbocycles. The molecule has 1 atom stereocenters. The third-order valence-corrected chi connectivity index (χ3v) is 6.23. The molecule has 1 aromatic heterocycles. The zero-order chi connectivity index (χ0) is 18.8. The average Bonchev–Trinajstić information content (AvgIpc) is 3.39. The SMILES string of the molecule is O=C(c1cccs1)[C@@H]1CCCN(C(=O)c2ccc(N3CCCC3=O)cc2)C1. The number of amides is 2. The Morgan fingerprint density at radius 3 is 2.52 bits per heavy atom. The van der Waals surface area contributed by atoms with Crippen molar-refractivity contribution in [2.45, 2.75) is 25.7 Å². The van der Waals surface area contributed by atoms with E-state index in [4.69, 9.17) is 0 Å². The maximum absolute atomic E-state index is 12.9. The van der Waals surface area contributed by atoms with E-state index in [1.165, 1.54) is 11.3 Å². The first-order chi connectivity index (χ1) is 13.1. The second kappa shape index (κ2) is 7.64. The summed E-state index contributed by atoms with van der Waals surface area (Å²) in [6, 6.07) is 11.0. The highest BCUT2D eigenvalue weighted by Crippen LogP contribution is 2.26. The van der Waals surface area contributed by atoms with Crippen LogP contribution in [0, 0.1) is 5.92 Å². The fourth-order valence-corrected chi connectivity index (χ4v) is 4.63. The Morgan fingerprint density at radius 1 is 1.04 bits per heavy atom. The summed E-state index contributed by atoms with van der Waals surface area (Å²) in [5, 5.41) is 1.91. The van der Waals surface area contributed by atoms with Gasteiger partial charge in [-0.25, -0.2) is 0 Å². The van der Waals surface area contributed by atoms with E-state index in [9.17, 15) is 14.4 Å². The Kier molecular flexibility index (Phi) is 5.07. The van der Waals surface area contributed by atoms with Crippen molar-refractivity contribution >= 4 is 34.6 Å². The van der Waals surface area contributed by atoms with Crippen LogP contribution < -0.4 is 4.90 Å². The Labute approximate surface area is 162 Å². The summed E-state index contributed by atoms with van der Waals surface area (Å²) in [6.07, 6.45) is 3.14. The summed E-state index contributed by atoms with van der Waals surface area (Å²) in [7, 11) is 0. The molecule has 6 heteroatoms. The maximum atomic E-state index is 12.9. The smallest absolute Gasteiger partial charge is 0.253 e. The first-order valence-corrected chi connectivity index (χ1v) is 10.3. The van der Waals surface area contributed by atoms with E-state index in [-0.39, 0.29) is 23.5 Å². The number of carbonyl (C=O) groups excluding carboxylic acids is 3. The molecule has 0 bridgehead atoms. The Hall–Kier alpha value is -2.47. The van der Waals surface area contributed by atoms with Crippen LogP contribution in [0.3, 0.4) is 0 Å². The van der Waals surface area contributed by atoms with Crippen LogP contribution in [-0.4, -0.2) is 42.1 Å². The molecular formula is C21H22N2O3S. The molecule has 2 fully saturated rings. The van der Waals surface area contributed by atoms with Crippen LogP contribution in [0.1, 0.15) is 45.7 Å². The molecule has 0 unspecified atom stereocenters. The number of rotatable bonds is 4. The van der Waals surface area contributed by atoms with Crippen LogP contribution in [0.15, 0.2) is 41.8 Å². The van der Waals surface area contributed by atoms with Gasteiger partial charge in [-0.15, -0.1) is 11.3 Å². The van der Waals surface area contributed by atoms with Gasteiger partial charge in [0.05, 0.1) is 4.88 Å². The van der Waals surface area contributed by atoms with E-state index < -0.39 is 0 Å². The number of Topliss-reactive ketones (excluding diaryl/α,β-unsaturated/α-hetero) is 1. The van der Waals surface area contributed by atoms with Gasteiger partial charge in [0.1, 0.15) is 0 Å². The predicted octanol–water partition coefficient (Wildman–Crippen LogP) is 3.61. The molecule has 2 aromatic rings. The van der Waals surface area contributed by atoms with E-state index in [0.29, 0.717) is 25.1 Å². The summed E-state index contributed by atoms with van der Waals surface area (Å²) in [6.45, 7) is 1.89. The highest BCUT2D eigenvalue weighted by molar-refractivity contribution is 7.12. The number of nitrogens with zero attached hydrogens (tertiary/aromatic N) is 2. The number of hydrogen-bond donors (Lipinski definition) is 0. The fourth-order valence-electron chi connectivity index (χ4n) is 3.88. The summed E-state index contributed by atoms with van der Waals surface area (Å²) < 4.78 is 0. The second-order valence-corrected chi connectivity index (χ2v) is 8.08. The van der Waals surface area contributed by atoms with E-state index in [1.54, 1.807) is 21.9 Å². The van der Waals surface area contributed by atoms with Gasteiger partial charge in [-0.3, -0.25) is 14.4 Å². The van der Waals surface area contributed by atoms with Gasteiger partial charge in [-0.1, -0.05) is 6.07 Å². The van der Waals surface area contributed by atoms with E-state index in [1.807, 2.05) is 29.6 Å². The van der Waals surface area contributed by atoms with Crippen molar-refractivity contribution in [3.8, 4) is 0 Å². The molecule has 1 aromatic carbocycles. The first kappa shape index (κ1) is 17.9. The van der Waals surface area contributed by atoms with Crippen molar-refractivity contribution in [3.05, 3.63) is 52.2 Å². The fraction of sp³-hybridized carbons (Fsp3) is 0.381. The molecule has 2 saturated heterocycles. The lowest BCUT2D eigenvalue weighted by molar-refractivity contribution is -0.117. The molecule has 0 aliphatic carbocycles. The summed E-state index contributed by atoms with van der Waals surface area (Å²) >= 11 is 1.46. The third-order valence-electron chi connectivity index (χ3n) is 5.34. The number of ketones is 1. The minimum absolute atomic E-state index is 0.0435. The van der Waals surface area contributed by atoms with Gasteiger partial charge in [0, 0.05) is 43.2 Å². The largest absolute Gasteiger partial charge is 0.338 e. The van der Waals surface area contributed by atoms with Gasteiger partial charge < -0.3 is 9.80 Å². The van der Waals surface area contributed by atoms with Crippen LogP contribution in [0.4, 0.5) is 5.69 Å². The average molecular weight is 382 g/mol. The third kappa shape index (κ3) is 3.67. The van der Waals surface area contributed by atoms with Crippen LogP contribution >= 0.6 is 11.3 Å². The van der Waals surface area contributed by atoms with E-state index in [2.05, 4.69) is 0 Å². The van der Waals surface area contributed by atoms with Crippen LogP contribution in [0.5, 0.6) is 0 Å². The minimum atomic E-state index is -0.122. The maximum Gasteiger partial charge on any atom is 0.253 e. The van der Waals surface area contributed by atoms with Crippen LogP contribution in [0.25, 0.3) is 0 Å². The number of likely N-dealkylation sites (tertiary alicyclic amines) is 1. The van der Waals surface area contributed by atoms with Gasteiger partial charge in [0.15, 0.2) is 5.78 Å². The molecule has 2 amide bonds. The van der Waals surface area contributed by atoms with Crippen molar-refractivity contribution in [1.29, 1.82) is 0 Å². The molecule has 3 heterocycles. The monoisotopic (exact) mass is 382 g/mol. The molecule has 0 N–H and O–H groups in total. The summed E-state index contributed by atoms with van der Waals surface area (Å²) in [4.78, 5) is 41.7. The molecule has 2 aliphatic heterocycles. The number of thiophene rings is 1. The minimum Gasteiger partial charge on any atom is -0.338 e. The van der Waals surface area contributed by atoms with E-state index in [0.717, 1.165) is 36.4 Å². The molecule has 4 rings (SSSR count). The Morgan fingerprint density at radius 2 is 1.85 bits per heavy atom. The first-order valence-electron chi connectivity index (χ1n) is 9.41. The lowest BCUT2D eigenvalue weighted by Crippen LogP contribution is -2.42. The van der Waals surface area contributed by atoms with Gasteiger partial charge in [-0.05, 0) is 55.0 Å². The standard InChI is InChI=1S/C21H22N2O3S/c24-19-6-2-12-23(19)17-9-7-15(8-10-17)21(26)22-11-1-4-16(14-22)20(25)18-5-3-13-27-18/h3,5,7-10,13,16H,1-2,4,6,11-12,14H2/t16-/m1/s1. The second-order valence-electron chi connectivity index (χ2n) is 7.13. The van der Waals surface area contributed by atoms with Crippen LogP contribution in [-0.2, 0) is 4.79 Å². The van der Waals surface area contributed by atoms with Gasteiger partial charge in [0.2, 0.25) is 5.91 Å². The molecule has 140 valence electrons. The number of carbonyl (C=O) groups is 3. The Bertz CT molecular complexity index is 845. The molecule has 0 radical (unpaired) electrons. The summed E-state index contributed by atoms with van der Waals surface area (Å²) in [5.41, 5.74) is 1.45. The normalized spacial score (nSPS) is 20.1. The molecule has 5 nitrogen and oxygen atoms in total. The molecule has 2 aliphatic rings. The van der Waals surface area contributed by atoms with Gasteiger partial charge >= 0.3 is 0 Å². The lowest BCUT2D eigenvalue weighted by Gasteiger charge is -2.32. The van der Waals surface area contributed by atoms with E-state index >= 15 is 0 Å². The van der Waals surface area contributed by atoms with Crippen molar-refractivity contribution in [3.63, 3.8) is 0 Å². The Balaban J connectivity index is 1.44. The highest BCUT2D eigenvalue weighted by atomic mass is 32.1. The van der Waals surface area contributed by atoms with Crippen molar-refractivity contribution in [1.82, 2.24) is 4.90 Å². The number of anilines is 1. The topological polar surface area (TPSA) is 57.7 Å². The van der Waals surface area contributed by atoms with Gasteiger partial charge in [-0.2, -0.15) is 0 Å². The summed E-state index contributed by atoms with van der Waals surface area (Å²) in [5.74, 6) is 0.117. The lowest BCUT2D eigenvalue weighted by atomic mass is 9.92. The van der Waals surface area contributed by atoms with Crippen molar-refractivity contribution in [2.24, 2.45) is 5.92 Å². The highest BCUT2D eigenvalue weighted by Gasteiger charge is 2.30. The molecule has 27 heavy (non-hydrogen) atoms. The zero-order valence-electron chi connectivity index (χ0n) is 15.1. The molecular weight excluding hydrogens is 360 g/mol. The predicted molar refractivity (Wildman–Crippen MR) is 105 cm³/mol. The zero-order valence-corrected chi connectivity index (χ0v) is 15.9. The number of benzene rings is 1. The van der Waals surface area contributed by atoms with Crippen molar-refractivity contribution < 1.29 is 14.4 Å². The molecule has 0 spiro atoms. The van der Waals surface area contributed by atoms with Gasteiger partial charge in [0.25, 0.3) is 5.91 Å². The quantitative estimate of drug-likeness (QED) is 0.759. The van der Waals surface area contributed by atoms with Crippen LogP contribution in [0.2, 0.25) is 0 Å². The number of hydrogen-bond acceptors (Lipinski definition) is 4. The number of piperidine rings is 1. The van der Waals surface area contributed by atoms with Crippen molar-refractivity contribution in [2.75, 3.05) is 24.5 Å².